The summed E-state index contributed by atoms with van der Waals surface area (Å²) in [4.78, 5) is 12.3. The lowest BCUT2D eigenvalue weighted by Gasteiger charge is -2.09. The van der Waals surface area contributed by atoms with Crippen LogP contribution in [0.25, 0.3) is 0 Å². The number of carbonyl (C=O) groups excluding carboxylic acids is 1. The van der Waals surface area contributed by atoms with Crippen molar-refractivity contribution in [3.8, 4) is 11.8 Å². The SMILES string of the molecule is Cc1ccc(OCc2nnc(SCC(=O)c3ccc(C#N)cc3)n2C)c(C)c1. The Morgan fingerprint density at radius 2 is 1.93 bits per heavy atom. The van der Waals surface area contributed by atoms with Crippen molar-refractivity contribution < 1.29 is 9.53 Å². The van der Waals surface area contributed by atoms with Crippen LogP contribution in [0.2, 0.25) is 0 Å². The van der Waals surface area contributed by atoms with Crippen LogP contribution in [-0.4, -0.2) is 26.3 Å². The Hall–Kier alpha value is -3.11. The van der Waals surface area contributed by atoms with Crippen molar-refractivity contribution in [1.29, 1.82) is 5.26 Å². The van der Waals surface area contributed by atoms with Gasteiger partial charge in [0.15, 0.2) is 16.8 Å². The number of ether oxygens (including phenoxy) is 1. The van der Waals surface area contributed by atoms with Gasteiger partial charge in [0.05, 0.1) is 17.4 Å². The van der Waals surface area contributed by atoms with E-state index in [2.05, 4.69) is 16.3 Å². The molecule has 7 heteroatoms. The Kier molecular flexibility index (Phi) is 6.12. The summed E-state index contributed by atoms with van der Waals surface area (Å²) in [5.41, 5.74) is 3.37. The lowest BCUT2D eigenvalue weighted by molar-refractivity contribution is 0.102. The summed E-state index contributed by atoms with van der Waals surface area (Å²) in [6.45, 7) is 4.36. The molecule has 0 unspecified atom stereocenters. The third kappa shape index (κ3) is 4.59. The van der Waals surface area contributed by atoms with Crippen molar-refractivity contribution in [2.75, 3.05) is 5.75 Å². The molecule has 2 aromatic carbocycles. The second-order valence-corrected chi connectivity index (χ2v) is 7.36. The number of nitrogens with zero attached hydrogens (tertiary/aromatic N) is 4. The summed E-state index contributed by atoms with van der Waals surface area (Å²) in [5.74, 6) is 1.73. The normalized spacial score (nSPS) is 10.5. The fourth-order valence-electron chi connectivity index (χ4n) is 2.64. The fourth-order valence-corrected chi connectivity index (χ4v) is 3.47. The number of aryl methyl sites for hydroxylation is 2. The second-order valence-electron chi connectivity index (χ2n) is 6.42. The molecule has 0 aliphatic carbocycles. The van der Waals surface area contributed by atoms with Gasteiger partial charge in [-0.25, -0.2) is 0 Å². The summed E-state index contributed by atoms with van der Waals surface area (Å²) in [5, 5.41) is 17.8. The topological polar surface area (TPSA) is 80.8 Å². The van der Waals surface area contributed by atoms with Gasteiger partial charge in [-0.2, -0.15) is 5.26 Å². The highest BCUT2D eigenvalue weighted by atomic mass is 32.2. The second kappa shape index (κ2) is 8.72. The van der Waals surface area contributed by atoms with Crippen LogP contribution in [-0.2, 0) is 13.7 Å². The molecule has 0 fully saturated rings. The summed E-state index contributed by atoms with van der Waals surface area (Å²) >= 11 is 1.33. The molecule has 3 rings (SSSR count). The zero-order chi connectivity index (χ0) is 20.1. The van der Waals surface area contributed by atoms with Gasteiger partial charge in [-0.1, -0.05) is 41.6 Å². The molecule has 0 saturated heterocycles. The lowest BCUT2D eigenvalue weighted by atomic mass is 10.1. The third-order valence-electron chi connectivity index (χ3n) is 4.28. The van der Waals surface area contributed by atoms with E-state index in [1.54, 1.807) is 24.3 Å². The molecule has 0 radical (unpaired) electrons. The van der Waals surface area contributed by atoms with Crippen molar-refractivity contribution in [1.82, 2.24) is 14.8 Å². The van der Waals surface area contributed by atoms with E-state index in [0.29, 0.717) is 28.7 Å². The van der Waals surface area contributed by atoms with E-state index in [1.807, 2.05) is 43.7 Å². The molecule has 3 aromatic rings. The van der Waals surface area contributed by atoms with E-state index in [-0.39, 0.29) is 11.5 Å². The number of benzene rings is 2. The van der Waals surface area contributed by atoms with Crippen LogP contribution in [0.1, 0.15) is 32.9 Å². The molecular formula is C21H20N4O2S. The van der Waals surface area contributed by atoms with Crippen molar-refractivity contribution in [3.05, 3.63) is 70.5 Å². The molecule has 28 heavy (non-hydrogen) atoms. The van der Waals surface area contributed by atoms with Gasteiger partial charge < -0.3 is 9.30 Å². The fraction of sp³-hybridized carbons (Fsp3) is 0.238. The number of rotatable bonds is 7. The van der Waals surface area contributed by atoms with Crippen molar-refractivity contribution in [2.45, 2.75) is 25.6 Å². The number of hydrogen-bond acceptors (Lipinski definition) is 6. The summed E-state index contributed by atoms with van der Waals surface area (Å²) in [6.07, 6.45) is 0. The van der Waals surface area contributed by atoms with Gasteiger partial charge in [0, 0.05) is 12.6 Å². The molecule has 0 bridgehead atoms. The van der Waals surface area contributed by atoms with Gasteiger partial charge in [0.2, 0.25) is 0 Å². The molecule has 0 amide bonds. The maximum Gasteiger partial charge on any atom is 0.191 e. The van der Waals surface area contributed by atoms with Gasteiger partial charge in [-0.3, -0.25) is 4.79 Å². The van der Waals surface area contributed by atoms with Gasteiger partial charge in [0.1, 0.15) is 12.4 Å². The van der Waals surface area contributed by atoms with Crippen molar-refractivity contribution in [2.24, 2.45) is 7.05 Å². The molecular weight excluding hydrogens is 372 g/mol. The van der Waals surface area contributed by atoms with Crippen LogP contribution in [0.3, 0.4) is 0 Å². The zero-order valence-corrected chi connectivity index (χ0v) is 16.8. The minimum absolute atomic E-state index is 0.0226. The smallest absolute Gasteiger partial charge is 0.191 e. The molecule has 1 aromatic heterocycles. The highest BCUT2D eigenvalue weighted by Gasteiger charge is 2.13. The third-order valence-corrected chi connectivity index (χ3v) is 5.30. The summed E-state index contributed by atoms with van der Waals surface area (Å²) < 4.78 is 7.70. The van der Waals surface area contributed by atoms with Gasteiger partial charge in [0.25, 0.3) is 0 Å². The Labute approximate surface area is 168 Å². The summed E-state index contributed by atoms with van der Waals surface area (Å²) in [6, 6.07) is 14.7. The molecule has 0 N–H and O–H groups in total. The quantitative estimate of drug-likeness (QED) is 0.449. The Bertz CT molecular complexity index is 1040. The van der Waals surface area contributed by atoms with E-state index in [9.17, 15) is 4.79 Å². The van der Waals surface area contributed by atoms with E-state index in [0.717, 1.165) is 11.3 Å². The van der Waals surface area contributed by atoms with Crippen LogP contribution in [0.15, 0.2) is 47.6 Å². The zero-order valence-electron chi connectivity index (χ0n) is 16.0. The van der Waals surface area contributed by atoms with E-state index in [1.165, 1.54) is 17.3 Å². The number of aromatic nitrogens is 3. The van der Waals surface area contributed by atoms with Gasteiger partial charge >= 0.3 is 0 Å². The van der Waals surface area contributed by atoms with Crippen molar-refractivity contribution in [3.63, 3.8) is 0 Å². The molecule has 0 aliphatic heterocycles. The number of hydrogen-bond donors (Lipinski definition) is 0. The van der Waals surface area contributed by atoms with E-state index < -0.39 is 0 Å². The predicted octanol–water partition coefficient (Wildman–Crippen LogP) is 3.86. The standard InChI is InChI=1S/C21H20N4O2S/c1-14-4-9-19(15(2)10-14)27-12-20-23-24-21(25(20)3)28-13-18(26)17-7-5-16(11-22)6-8-17/h4-10H,12-13H2,1-3H3. The van der Waals surface area contributed by atoms with E-state index >= 15 is 0 Å². The van der Waals surface area contributed by atoms with Crippen LogP contribution in [0, 0.1) is 25.2 Å². The van der Waals surface area contributed by atoms with Crippen LogP contribution >= 0.6 is 11.8 Å². The molecule has 0 spiro atoms. The first-order valence-corrected chi connectivity index (χ1v) is 9.71. The first-order valence-electron chi connectivity index (χ1n) is 8.72. The predicted molar refractivity (Wildman–Crippen MR) is 107 cm³/mol. The minimum atomic E-state index is -0.0226. The number of ketones is 1. The average molecular weight is 392 g/mol. The molecule has 0 saturated carbocycles. The molecule has 0 aliphatic rings. The Morgan fingerprint density at radius 3 is 2.61 bits per heavy atom. The van der Waals surface area contributed by atoms with E-state index in [4.69, 9.17) is 10.00 Å². The van der Waals surface area contributed by atoms with Crippen molar-refractivity contribution >= 4 is 17.5 Å². The van der Waals surface area contributed by atoms with Crippen LogP contribution in [0.4, 0.5) is 0 Å². The Balaban J connectivity index is 1.59. The number of Topliss-reactive ketones (excluding diaryl/α,β-unsaturated/α-hetero) is 1. The average Bonchev–Trinajstić information content (AvgIpc) is 3.05. The maximum absolute atomic E-state index is 12.3. The maximum atomic E-state index is 12.3. The van der Waals surface area contributed by atoms with Gasteiger partial charge in [-0.15, -0.1) is 10.2 Å². The Morgan fingerprint density at radius 1 is 1.18 bits per heavy atom. The number of carbonyl (C=O) groups is 1. The number of nitriles is 1. The molecule has 1 heterocycles. The first-order chi connectivity index (χ1) is 13.5. The molecule has 0 atom stereocenters. The minimum Gasteiger partial charge on any atom is -0.485 e. The summed E-state index contributed by atoms with van der Waals surface area (Å²) in [7, 11) is 1.86. The highest BCUT2D eigenvalue weighted by Crippen LogP contribution is 2.21. The first kappa shape index (κ1) is 19.6. The van der Waals surface area contributed by atoms with Crippen LogP contribution in [0.5, 0.6) is 5.75 Å². The molecule has 6 nitrogen and oxygen atoms in total. The van der Waals surface area contributed by atoms with Gasteiger partial charge in [-0.05, 0) is 37.6 Å². The van der Waals surface area contributed by atoms with Crippen LogP contribution < -0.4 is 4.74 Å². The largest absolute Gasteiger partial charge is 0.485 e. The number of thioether (sulfide) groups is 1. The highest BCUT2D eigenvalue weighted by molar-refractivity contribution is 7.99. The lowest BCUT2D eigenvalue weighted by Crippen LogP contribution is -2.06. The molecule has 142 valence electrons. The monoisotopic (exact) mass is 392 g/mol.